The molecule has 1 aromatic carbocycles. The molecule has 1 saturated heterocycles. The zero-order valence-electron chi connectivity index (χ0n) is 14.0. The van der Waals surface area contributed by atoms with E-state index in [0.717, 1.165) is 17.3 Å². The second-order valence-corrected chi connectivity index (χ2v) is 7.91. The molecule has 0 spiro atoms. The summed E-state index contributed by atoms with van der Waals surface area (Å²) in [6, 6.07) is 9.13. The summed E-state index contributed by atoms with van der Waals surface area (Å²) in [5.74, 6) is 0. The summed E-state index contributed by atoms with van der Waals surface area (Å²) in [5.41, 5.74) is -0.266. The minimum Gasteiger partial charge on any atom is -0.714 e. The van der Waals surface area contributed by atoms with Gasteiger partial charge in [0.1, 0.15) is 34.9 Å². The van der Waals surface area contributed by atoms with E-state index in [2.05, 4.69) is 9.44 Å². The molecular formula is C15H20NO9S2-. The van der Waals surface area contributed by atoms with Gasteiger partial charge in [0.25, 0.3) is 10.4 Å². The maximum Gasteiger partial charge on any atom is 0.284 e. The lowest BCUT2D eigenvalue weighted by Crippen LogP contribution is -2.57. The van der Waals surface area contributed by atoms with E-state index in [-0.39, 0.29) is 11.5 Å². The Morgan fingerprint density at radius 2 is 1.85 bits per heavy atom. The molecule has 0 radical (unpaired) electrons. The number of rotatable bonds is 7. The van der Waals surface area contributed by atoms with Gasteiger partial charge in [0.15, 0.2) is 0 Å². The lowest BCUT2D eigenvalue weighted by Gasteiger charge is -2.39. The van der Waals surface area contributed by atoms with Gasteiger partial charge >= 0.3 is 0 Å². The van der Waals surface area contributed by atoms with Crippen LogP contribution in [0.1, 0.15) is 12.0 Å². The molecule has 5 atom stereocenters. The van der Waals surface area contributed by atoms with Crippen LogP contribution in [0.3, 0.4) is 0 Å². The molecule has 0 saturated carbocycles. The van der Waals surface area contributed by atoms with Crippen molar-refractivity contribution in [3.63, 3.8) is 0 Å². The van der Waals surface area contributed by atoms with Gasteiger partial charge in [-0.15, -0.1) is 0 Å². The first-order valence-corrected chi connectivity index (χ1v) is 10.1. The zero-order chi connectivity index (χ0) is 20.0. The number of benzene rings is 1. The van der Waals surface area contributed by atoms with Crippen molar-refractivity contribution >= 4 is 27.2 Å². The minimum absolute atomic E-state index is 0.0163. The Hall–Kier alpha value is -1.25. The lowest BCUT2D eigenvalue weighted by molar-refractivity contribution is -0.205. The predicted molar refractivity (Wildman–Crippen MR) is 94.3 cm³/mol. The van der Waals surface area contributed by atoms with Crippen molar-refractivity contribution in [3.05, 3.63) is 35.9 Å². The SMILES string of the molecule is O=S(=O)([O-])O/N=C(\CCc1ccccc1)S[C@@H]1O[C@H](CO)[C@@H](O)[C@H](O)[C@H]1O. The smallest absolute Gasteiger partial charge is 0.284 e. The van der Waals surface area contributed by atoms with Crippen molar-refractivity contribution in [1.29, 1.82) is 0 Å². The molecule has 0 aliphatic carbocycles. The number of ether oxygens (including phenoxy) is 1. The normalized spacial score (nSPS) is 29.5. The van der Waals surface area contributed by atoms with Gasteiger partial charge in [0.05, 0.1) is 6.61 Å². The molecule has 0 amide bonds. The fourth-order valence-corrected chi connectivity index (χ4v) is 3.70. The van der Waals surface area contributed by atoms with Crippen LogP contribution in [0.5, 0.6) is 0 Å². The van der Waals surface area contributed by atoms with E-state index < -0.39 is 46.9 Å². The third-order valence-electron chi connectivity index (χ3n) is 3.80. The summed E-state index contributed by atoms with van der Waals surface area (Å²) in [5, 5.41) is 42.2. The molecule has 4 N–H and O–H groups in total. The van der Waals surface area contributed by atoms with Crippen molar-refractivity contribution in [3.8, 4) is 0 Å². The Bertz CT molecular complexity index is 726. The van der Waals surface area contributed by atoms with Crippen LogP contribution in [0.2, 0.25) is 0 Å². The van der Waals surface area contributed by atoms with Crippen molar-refractivity contribution in [2.45, 2.75) is 42.7 Å². The fraction of sp³-hybridized carbons (Fsp3) is 0.533. The van der Waals surface area contributed by atoms with Crippen LogP contribution in [0.25, 0.3) is 0 Å². The van der Waals surface area contributed by atoms with Crippen LogP contribution < -0.4 is 0 Å². The van der Waals surface area contributed by atoms with E-state index in [4.69, 9.17) is 4.74 Å². The summed E-state index contributed by atoms with van der Waals surface area (Å²) in [6.45, 7) is -0.607. The average Bonchev–Trinajstić information content (AvgIpc) is 2.64. The van der Waals surface area contributed by atoms with Crippen LogP contribution in [0.15, 0.2) is 35.5 Å². The Morgan fingerprint density at radius 1 is 1.19 bits per heavy atom. The van der Waals surface area contributed by atoms with E-state index >= 15 is 0 Å². The molecule has 1 aliphatic heterocycles. The first kappa shape index (κ1) is 22.0. The van der Waals surface area contributed by atoms with Crippen molar-refractivity contribution in [2.24, 2.45) is 5.16 Å². The molecule has 10 nitrogen and oxygen atoms in total. The Balaban J connectivity index is 2.12. The van der Waals surface area contributed by atoms with Gasteiger partial charge in [-0.2, -0.15) is 8.42 Å². The van der Waals surface area contributed by atoms with E-state index in [0.29, 0.717) is 6.42 Å². The Morgan fingerprint density at radius 3 is 2.44 bits per heavy atom. The lowest BCUT2D eigenvalue weighted by atomic mass is 10.0. The van der Waals surface area contributed by atoms with E-state index in [1.54, 1.807) is 0 Å². The van der Waals surface area contributed by atoms with Crippen molar-refractivity contribution in [1.82, 2.24) is 0 Å². The quantitative estimate of drug-likeness (QED) is 0.140. The van der Waals surface area contributed by atoms with Gasteiger partial charge in [0, 0.05) is 6.42 Å². The number of oxime groups is 1. The number of hydrogen-bond donors (Lipinski definition) is 4. The largest absolute Gasteiger partial charge is 0.714 e. The highest BCUT2D eigenvalue weighted by Gasteiger charge is 2.44. The van der Waals surface area contributed by atoms with Crippen LogP contribution in [0, 0.1) is 0 Å². The maximum absolute atomic E-state index is 10.7. The van der Waals surface area contributed by atoms with Crippen LogP contribution in [-0.4, -0.2) is 74.9 Å². The second kappa shape index (κ2) is 9.80. The summed E-state index contributed by atoms with van der Waals surface area (Å²) < 4.78 is 41.3. The van der Waals surface area contributed by atoms with Crippen molar-refractivity contribution < 1.29 is 42.4 Å². The molecule has 1 heterocycles. The predicted octanol–water partition coefficient (Wildman–Crippen LogP) is -1.06. The summed E-state index contributed by atoms with van der Waals surface area (Å²) >= 11 is 0.726. The van der Waals surface area contributed by atoms with Crippen LogP contribution in [-0.2, 0) is 25.8 Å². The third kappa shape index (κ3) is 6.69. The molecule has 0 bridgehead atoms. The monoisotopic (exact) mass is 422 g/mol. The highest BCUT2D eigenvalue weighted by Crippen LogP contribution is 2.30. The Kier molecular flexibility index (Phi) is 8.00. The number of thioether (sulfide) groups is 1. The fourth-order valence-electron chi connectivity index (χ4n) is 2.41. The molecule has 0 unspecified atom stereocenters. The maximum atomic E-state index is 10.7. The van der Waals surface area contributed by atoms with E-state index in [9.17, 15) is 33.4 Å². The topological polar surface area (TPSA) is 169 Å². The standard InChI is InChI=1S/C15H21NO9S2/c17-8-10-12(18)13(19)14(20)15(24-10)26-11(16-25-27(21,22)23)7-6-9-4-2-1-3-5-9/h1-5,10,12-15,17-20H,6-8H2,(H,21,22,23)/p-1/b16-11+/t10-,12-,13+,14-,15+/m1/s1. The molecule has 1 aromatic rings. The number of aryl methyl sites for hydroxylation is 1. The van der Waals surface area contributed by atoms with Crippen LogP contribution >= 0.6 is 11.8 Å². The second-order valence-electron chi connectivity index (χ2n) is 5.77. The first-order chi connectivity index (χ1) is 12.7. The summed E-state index contributed by atoms with van der Waals surface area (Å²) in [7, 11) is -5.07. The first-order valence-electron chi connectivity index (χ1n) is 7.93. The summed E-state index contributed by atoms with van der Waals surface area (Å²) in [6.07, 6.45) is -5.21. The van der Waals surface area contributed by atoms with Gasteiger partial charge in [0.2, 0.25) is 0 Å². The number of aliphatic hydroxyl groups excluding tert-OH is 4. The number of hydrogen-bond acceptors (Lipinski definition) is 11. The molecule has 1 fully saturated rings. The molecule has 27 heavy (non-hydrogen) atoms. The molecule has 2 rings (SSSR count). The Labute approximate surface area is 160 Å². The molecule has 152 valence electrons. The van der Waals surface area contributed by atoms with Gasteiger partial charge in [-0.3, -0.25) is 4.28 Å². The minimum atomic E-state index is -5.07. The summed E-state index contributed by atoms with van der Waals surface area (Å²) in [4.78, 5) is 0. The molecule has 1 aliphatic rings. The number of aliphatic hydroxyl groups is 4. The highest BCUT2D eigenvalue weighted by molar-refractivity contribution is 8.14. The van der Waals surface area contributed by atoms with Crippen LogP contribution in [0.4, 0.5) is 0 Å². The third-order valence-corrected chi connectivity index (χ3v) is 5.23. The van der Waals surface area contributed by atoms with E-state index in [1.165, 1.54) is 0 Å². The zero-order valence-corrected chi connectivity index (χ0v) is 15.6. The number of nitrogens with zero attached hydrogens (tertiary/aromatic N) is 1. The highest BCUT2D eigenvalue weighted by atomic mass is 32.3. The molecular weight excluding hydrogens is 402 g/mol. The molecule has 12 heteroatoms. The van der Waals surface area contributed by atoms with E-state index in [1.807, 2.05) is 30.3 Å². The van der Waals surface area contributed by atoms with Crippen molar-refractivity contribution in [2.75, 3.05) is 6.61 Å². The van der Waals surface area contributed by atoms with Gasteiger partial charge in [-0.1, -0.05) is 47.2 Å². The van der Waals surface area contributed by atoms with Gasteiger partial charge in [-0.05, 0) is 12.0 Å². The molecule has 0 aromatic heterocycles. The average molecular weight is 422 g/mol. The van der Waals surface area contributed by atoms with Gasteiger partial charge in [-0.25, -0.2) is 0 Å². The van der Waals surface area contributed by atoms with Gasteiger partial charge < -0.3 is 29.7 Å².